The van der Waals surface area contributed by atoms with Crippen molar-refractivity contribution in [2.45, 2.75) is 44.5 Å². The van der Waals surface area contributed by atoms with E-state index in [9.17, 15) is 5.11 Å². The first-order chi connectivity index (χ1) is 7.49. The summed E-state index contributed by atoms with van der Waals surface area (Å²) in [5.41, 5.74) is -0.560. The average molecular weight is 229 g/mol. The van der Waals surface area contributed by atoms with Crippen LogP contribution in [0.5, 0.6) is 0 Å². The molecule has 4 heteroatoms. The molecule has 4 nitrogen and oxygen atoms in total. The van der Waals surface area contributed by atoms with Crippen LogP contribution in [0.3, 0.4) is 0 Å². The number of rotatable bonds is 3. The zero-order valence-electron chi connectivity index (χ0n) is 10.4. The molecule has 0 saturated carbocycles. The molecule has 0 unspecified atom stereocenters. The first-order valence-corrected chi connectivity index (χ1v) is 6.22. The van der Waals surface area contributed by atoms with E-state index in [1.807, 2.05) is 13.8 Å². The molecule has 0 bridgehead atoms. The number of aliphatic hydroxyl groups is 1. The molecule has 0 radical (unpaired) electrons. The van der Waals surface area contributed by atoms with E-state index in [4.69, 9.17) is 9.47 Å². The van der Waals surface area contributed by atoms with Gasteiger partial charge < -0.3 is 19.5 Å². The highest BCUT2D eigenvalue weighted by Gasteiger charge is 2.39. The Morgan fingerprint density at radius 1 is 1.19 bits per heavy atom. The van der Waals surface area contributed by atoms with Gasteiger partial charge in [0.1, 0.15) is 0 Å². The Morgan fingerprint density at radius 2 is 1.75 bits per heavy atom. The molecule has 1 spiro atoms. The summed E-state index contributed by atoms with van der Waals surface area (Å²) in [5, 5.41) is 9.68. The monoisotopic (exact) mass is 229 g/mol. The number of nitrogens with zero attached hydrogens (tertiary/aromatic N) is 1. The van der Waals surface area contributed by atoms with Crippen LogP contribution in [0.25, 0.3) is 0 Å². The van der Waals surface area contributed by atoms with Crippen LogP contribution in [-0.4, -0.2) is 54.2 Å². The molecule has 2 saturated heterocycles. The molecule has 2 heterocycles. The third kappa shape index (κ3) is 3.17. The quantitative estimate of drug-likeness (QED) is 0.783. The Bertz CT molecular complexity index is 221. The fraction of sp³-hybridized carbons (Fsp3) is 1.00. The summed E-state index contributed by atoms with van der Waals surface area (Å²) in [4.78, 5) is 2.38. The zero-order chi connectivity index (χ0) is 11.6. The summed E-state index contributed by atoms with van der Waals surface area (Å²) < 4.78 is 11.4. The molecule has 2 aliphatic rings. The number of likely N-dealkylation sites (tertiary alicyclic amines) is 1. The van der Waals surface area contributed by atoms with E-state index in [0.29, 0.717) is 0 Å². The van der Waals surface area contributed by atoms with Crippen molar-refractivity contribution in [2.75, 3.05) is 32.8 Å². The van der Waals surface area contributed by atoms with Crippen molar-refractivity contribution in [3.05, 3.63) is 0 Å². The molecule has 2 rings (SSSR count). The van der Waals surface area contributed by atoms with E-state index in [2.05, 4.69) is 4.90 Å². The standard InChI is InChI=1S/C12H23NO3/c1-11(2,14)3-6-13-7-4-12(5-8-13)15-9-10-16-12/h14H,3-10H2,1-2H3. The summed E-state index contributed by atoms with van der Waals surface area (Å²) in [5.74, 6) is -0.273. The van der Waals surface area contributed by atoms with Gasteiger partial charge in [0.2, 0.25) is 0 Å². The van der Waals surface area contributed by atoms with Gasteiger partial charge in [0.05, 0.1) is 18.8 Å². The fourth-order valence-electron chi connectivity index (χ4n) is 2.33. The van der Waals surface area contributed by atoms with Gasteiger partial charge >= 0.3 is 0 Å². The van der Waals surface area contributed by atoms with E-state index in [1.165, 1.54) is 0 Å². The van der Waals surface area contributed by atoms with Gasteiger partial charge in [-0.05, 0) is 20.3 Å². The van der Waals surface area contributed by atoms with E-state index in [1.54, 1.807) is 0 Å². The van der Waals surface area contributed by atoms with Crippen LogP contribution in [0.4, 0.5) is 0 Å². The minimum atomic E-state index is -0.560. The van der Waals surface area contributed by atoms with Crippen LogP contribution < -0.4 is 0 Å². The lowest BCUT2D eigenvalue weighted by molar-refractivity contribution is -0.185. The summed E-state index contributed by atoms with van der Waals surface area (Å²) in [7, 11) is 0. The number of piperidine rings is 1. The van der Waals surface area contributed by atoms with Gasteiger partial charge in [-0.25, -0.2) is 0 Å². The molecule has 0 aromatic rings. The molecule has 1 N–H and O–H groups in total. The maximum Gasteiger partial charge on any atom is 0.170 e. The molecule has 0 atom stereocenters. The van der Waals surface area contributed by atoms with Crippen LogP contribution in [0.1, 0.15) is 33.1 Å². The van der Waals surface area contributed by atoms with Gasteiger partial charge in [-0.2, -0.15) is 0 Å². The summed E-state index contributed by atoms with van der Waals surface area (Å²) >= 11 is 0. The highest BCUT2D eigenvalue weighted by atomic mass is 16.7. The van der Waals surface area contributed by atoms with Crippen LogP contribution in [0.15, 0.2) is 0 Å². The third-order valence-electron chi connectivity index (χ3n) is 3.47. The van der Waals surface area contributed by atoms with Crippen molar-refractivity contribution < 1.29 is 14.6 Å². The molecule has 0 aliphatic carbocycles. The Hall–Kier alpha value is -0.160. The SMILES string of the molecule is CC(C)(O)CCN1CCC2(CC1)OCCO2. The number of ether oxygens (including phenoxy) is 2. The lowest BCUT2D eigenvalue weighted by Crippen LogP contribution is -2.46. The second kappa shape index (κ2) is 4.61. The molecule has 94 valence electrons. The molecule has 16 heavy (non-hydrogen) atoms. The van der Waals surface area contributed by atoms with Crippen LogP contribution >= 0.6 is 0 Å². The Morgan fingerprint density at radius 3 is 2.25 bits per heavy atom. The minimum Gasteiger partial charge on any atom is -0.390 e. The summed E-state index contributed by atoms with van der Waals surface area (Å²) in [6, 6.07) is 0. The van der Waals surface area contributed by atoms with Gasteiger partial charge in [-0.3, -0.25) is 0 Å². The molecule has 2 fully saturated rings. The zero-order valence-corrected chi connectivity index (χ0v) is 10.4. The van der Waals surface area contributed by atoms with Crippen LogP contribution in [-0.2, 0) is 9.47 Å². The van der Waals surface area contributed by atoms with Gasteiger partial charge in [-0.15, -0.1) is 0 Å². The maximum atomic E-state index is 9.68. The molecule has 0 aromatic carbocycles. The largest absolute Gasteiger partial charge is 0.390 e. The molecule has 2 aliphatic heterocycles. The summed E-state index contributed by atoms with van der Waals surface area (Å²) in [6.07, 6.45) is 2.74. The normalized spacial score (nSPS) is 26.4. The molecular weight excluding hydrogens is 206 g/mol. The first-order valence-electron chi connectivity index (χ1n) is 6.22. The van der Waals surface area contributed by atoms with E-state index in [0.717, 1.165) is 52.1 Å². The van der Waals surface area contributed by atoms with Crippen LogP contribution in [0, 0.1) is 0 Å². The Kier molecular flexibility index (Phi) is 3.54. The van der Waals surface area contributed by atoms with Crippen LogP contribution in [0.2, 0.25) is 0 Å². The van der Waals surface area contributed by atoms with Gasteiger partial charge in [-0.1, -0.05) is 0 Å². The van der Waals surface area contributed by atoms with E-state index in [-0.39, 0.29) is 5.79 Å². The highest BCUT2D eigenvalue weighted by Crippen LogP contribution is 2.31. The van der Waals surface area contributed by atoms with E-state index < -0.39 is 5.60 Å². The maximum absolute atomic E-state index is 9.68. The Labute approximate surface area is 97.5 Å². The average Bonchev–Trinajstić information content (AvgIpc) is 2.65. The second-order valence-corrected chi connectivity index (χ2v) is 5.51. The van der Waals surface area contributed by atoms with Crippen molar-refractivity contribution in [1.82, 2.24) is 4.90 Å². The van der Waals surface area contributed by atoms with Gasteiger partial charge in [0.15, 0.2) is 5.79 Å². The molecule has 0 aromatic heterocycles. The predicted molar refractivity (Wildman–Crippen MR) is 61.2 cm³/mol. The number of hydrogen-bond donors (Lipinski definition) is 1. The van der Waals surface area contributed by atoms with Gasteiger partial charge in [0, 0.05) is 32.5 Å². The first kappa shape index (κ1) is 12.3. The summed E-state index contributed by atoms with van der Waals surface area (Å²) in [6.45, 7) is 8.18. The van der Waals surface area contributed by atoms with Crippen molar-refractivity contribution in [3.63, 3.8) is 0 Å². The van der Waals surface area contributed by atoms with Crippen molar-refractivity contribution >= 4 is 0 Å². The second-order valence-electron chi connectivity index (χ2n) is 5.51. The highest BCUT2D eigenvalue weighted by molar-refractivity contribution is 4.83. The predicted octanol–water partition coefficient (Wildman–Crippen LogP) is 0.986. The third-order valence-corrected chi connectivity index (χ3v) is 3.47. The topological polar surface area (TPSA) is 41.9 Å². The Balaban J connectivity index is 1.73. The minimum absolute atomic E-state index is 0.273. The molecule has 0 amide bonds. The lowest BCUT2D eigenvalue weighted by atomic mass is 10.0. The van der Waals surface area contributed by atoms with Crippen molar-refractivity contribution in [3.8, 4) is 0 Å². The van der Waals surface area contributed by atoms with E-state index >= 15 is 0 Å². The smallest absolute Gasteiger partial charge is 0.170 e. The van der Waals surface area contributed by atoms with Gasteiger partial charge in [0.25, 0.3) is 0 Å². The number of hydrogen-bond acceptors (Lipinski definition) is 4. The lowest BCUT2D eigenvalue weighted by Gasteiger charge is -2.38. The molecular formula is C12H23NO3. The van der Waals surface area contributed by atoms with Crippen molar-refractivity contribution in [2.24, 2.45) is 0 Å². The van der Waals surface area contributed by atoms with Crippen molar-refractivity contribution in [1.29, 1.82) is 0 Å². The fourth-order valence-corrected chi connectivity index (χ4v) is 2.33.